The van der Waals surface area contributed by atoms with Crippen LogP contribution in [-0.2, 0) is 14.4 Å². The summed E-state index contributed by atoms with van der Waals surface area (Å²) in [6, 6.07) is 0. The Hall–Kier alpha value is -2.16. The minimum absolute atomic E-state index is 0.178. The molecule has 2 N–H and O–H groups in total. The van der Waals surface area contributed by atoms with Crippen molar-refractivity contribution in [1.82, 2.24) is 4.90 Å². The molecule has 9 heteroatoms. The molecule has 0 spiro atoms. The van der Waals surface area contributed by atoms with Gasteiger partial charge in [0.25, 0.3) is 5.09 Å². The van der Waals surface area contributed by atoms with Crippen LogP contribution in [-0.4, -0.2) is 57.9 Å². The van der Waals surface area contributed by atoms with Crippen molar-refractivity contribution in [2.45, 2.75) is 32.3 Å². The zero-order chi connectivity index (χ0) is 16.3. The summed E-state index contributed by atoms with van der Waals surface area (Å²) in [4.78, 5) is 36.0. The highest BCUT2D eigenvalue weighted by Gasteiger charge is 2.20. The first kappa shape index (κ1) is 18.8. The average Bonchev–Trinajstić information content (AvgIpc) is 2.39. The van der Waals surface area contributed by atoms with Gasteiger partial charge in [-0.3, -0.25) is 0 Å². The lowest BCUT2D eigenvalue weighted by molar-refractivity contribution is -0.769. The molecule has 0 radical (unpaired) electrons. The molecule has 0 bridgehead atoms. The number of piperidine rings is 1. The number of hydrogen-bond acceptors (Lipinski definition) is 6. The van der Waals surface area contributed by atoms with E-state index in [0.717, 1.165) is 38.9 Å². The molecule has 1 aliphatic heterocycles. The molecular weight excluding hydrogens is 284 g/mol. The lowest BCUT2D eigenvalue weighted by atomic mass is 10.1. The summed E-state index contributed by atoms with van der Waals surface area (Å²) < 4.78 is 0. The normalized spacial score (nSPS) is 16.0. The van der Waals surface area contributed by atoms with E-state index in [0.29, 0.717) is 12.2 Å². The number of aliphatic carboxylic acids is 2. The van der Waals surface area contributed by atoms with Gasteiger partial charge >= 0.3 is 11.9 Å². The molecule has 0 atom stereocenters. The zero-order valence-corrected chi connectivity index (χ0v) is 11.8. The van der Waals surface area contributed by atoms with E-state index in [1.165, 1.54) is 0 Å². The van der Waals surface area contributed by atoms with Crippen molar-refractivity contribution in [2.24, 2.45) is 0 Å². The van der Waals surface area contributed by atoms with Crippen LogP contribution >= 0.6 is 0 Å². The maximum atomic E-state index is 10.0. The summed E-state index contributed by atoms with van der Waals surface area (Å²) in [6.07, 6.45) is 3.64. The van der Waals surface area contributed by atoms with E-state index < -0.39 is 17.0 Å². The molecule has 21 heavy (non-hydrogen) atoms. The lowest BCUT2D eigenvalue weighted by Gasteiger charge is -2.30. The molecule has 1 heterocycles. The molecule has 0 aliphatic carbocycles. The molecular formula is C12H20N2O7. The highest BCUT2D eigenvalue weighted by atomic mass is 17.0. The van der Waals surface area contributed by atoms with Crippen LogP contribution in [0.4, 0.5) is 0 Å². The largest absolute Gasteiger partial charge is 0.478 e. The molecule has 0 unspecified atom stereocenters. The van der Waals surface area contributed by atoms with Gasteiger partial charge in [0.05, 0.1) is 0 Å². The highest BCUT2D eigenvalue weighted by molar-refractivity contribution is 5.89. The van der Waals surface area contributed by atoms with Gasteiger partial charge in [0.15, 0.2) is 0 Å². The summed E-state index contributed by atoms with van der Waals surface area (Å²) in [7, 11) is 0. The van der Waals surface area contributed by atoms with Crippen molar-refractivity contribution in [2.75, 3.05) is 19.6 Å². The standard InChI is InChI=1S/C8H16N2O3.C4H4O4/c1-2-5-9-6-3-8(4-7-9)13-10(11)12;5-3(6)1-2-4(7)8/h8H,2-7H2,1H3;1-2H,(H,5,6)(H,7,8). The Morgan fingerprint density at radius 2 is 1.76 bits per heavy atom. The highest BCUT2D eigenvalue weighted by Crippen LogP contribution is 2.13. The molecule has 0 aromatic carbocycles. The van der Waals surface area contributed by atoms with Crippen molar-refractivity contribution in [3.63, 3.8) is 0 Å². The summed E-state index contributed by atoms with van der Waals surface area (Å²) >= 11 is 0. The third kappa shape index (κ3) is 11.4. The maximum absolute atomic E-state index is 10.0. The Labute approximate surface area is 121 Å². The summed E-state index contributed by atoms with van der Waals surface area (Å²) in [6.45, 7) is 5.07. The minimum atomic E-state index is -1.26. The number of likely N-dealkylation sites (tertiary alicyclic amines) is 1. The molecule has 0 aromatic rings. The first-order valence-electron chi connectivity index (χ1n) is 6.52. The number of carboxylic acid groups (broad SMARTS) is 2. The van der Waals surface area contributed by atoms with Gasteiger partial charge in [-0.25, -0.2) is 9.59 Å². The third-order valence-corrected chi connectivity index (χ3v) is 2.68. The maximum Gasteiger partial charge on any atom is 0.328 e. The number of nitrogens with zero attached hydrogens (tertiary/aromatic N) is 2. The first-order chi connectivity index (χ1) is 9.85. The minimum Gasteiger partial charge on any atom is -0.478 e. The molecule has 1 fully saturated rings. The average molecular weight is 304 g/mol. The van der Waals surface area contributed by atoms with Crippen molar-refractivity contribution < 1.29 is 29.7 Å². The van der Waals surface area contributed by atoms with Crippen molar-refractivity contribution in [3.8, 4) is 0 Å². The van der Waals surface area contributed by atoms with E-state index in [9.17, 15) is 19.7 Å². The Kier molecular flexibility index (Phi) is 9.52. The quantitative estimate of drug-likeness (QED) is 0.418. The second-order valence-electron chi connectivity index (χ2n) is 4.38. The van der Waals surface area contributed by atoms with Gasteiger partial charge in [0, 0.05) is 25.2 Å². The van der Waals surface area contributed by atoms with Gasteiger partial charge in [0.1, 0.15) is 6.10 Å². The van der Waals surface area contributed by atoms with Gasteiger partial charge in [-0.15, -0.1) is 10.1 Å². The van der Waals surface area contributed by atoms with Gasteiger partial charge in [-0.2, -0.15) is 0 Å². The Morgan fingerprint density at radius 3 is 2.10 bits per heavy atom. The van der Waals surface area contributed by atoms with Gasteiger partial charge in [-0.05, 0) is 25.8 Å². The van der Waals surface area contributed by atoms with Gasteiger partial charge in [0.2, 0.25) is 0 Å². The van der Waals surface area contributed by atoms with Crippen LogP contribution in [0.3, 0.4) is 0 Å². The van der Waals surface area contributed by atoms with Gasteiger partial charge in [-0.1, -0.05) is 6.92 Å². The summed E-state index contributed by atoms with van der Waals surface area (Å²) in [5.41, 5.74) is 0. The summed E-state index contributed by atoms with van der Waals surface area (Å²) in [5, 5.41) is 25.0. The molecule has 1 aliphatic rings. The number of rotatable bonds is 6. The summed E-state index contributed by atoms with van der Waals surface area (Å²) in [5.74, 6) is -2.51. The predicted molar refractivity (Wildman–Crippen MR) is 72.2 cm³/mol. The van der Waals surface area contributed by atoms with Crippen molar-refractivity contribution in [1.29, 1.82) is 0 Å². The fourth-order valence-corrected chi connectivity index (χ4v) is 1.82. The molecule has 1 saturated heterocycles. The Bertz CT molecular complexity index is 360. The van der Waals surface area contributed by atoms with E-state index >= 15 is 0 Å². The number of hydrogen-bond donors (Lipinski definition) is 2. The topological polar surface area (TPSA) is 130 Å². The second kappa shape index (κ2) is 10.6. The van der Waals surface area contributed by atoms with Crippen molar-refractivity contribution >= 4 is 11.9 Å². The van der Waals surface area contributed by atoms with E-state index in [2.05, 4.69) is 16.7 Å². The first-order valence-corrected chi connectivity index (χ1v) is 6.52. The van der Waals surface area contributed by atoms with E-state index in [-0.39, 0.29) is 6.10 Å². The van der Waals surface area contributed by atoms with Crippen LogP contribution < -0.4 is 0 Å². The van der Waals surface area contributed by atoms with Crippen LogP contribution in [0.5, 0.6) is 0 Å². The van der Waals surface area contributed by atoms with E-state index in [1.807, 2.05) is 0 Å². The molecule has 0 saturated carbocycles. The number of carbonyl (C=O) groups is 2. The van der Waals surface area contributed by atoms with Gasteiger partial charge < -0.3 is 20.0 Å². The fraction of sp³-hybridized carbons (Fsp3) is 0.667. The fourth-order valence-electron chi connectivity index (χ4n) is 1.82. The van der Waals surface area contributed by atoms with E-state index in [4.69, 9.17) is 10.2 Å². The SMILES string of the molecule is CCCN1CCC(O[N+](=O)[O-])CC1.O=C(O)C=CC(=O)O. The Balaban J connectivity index is 0.000000433. The smallest absolute Gasteiger partial charge is 0.328 e. The third-order valence-electron chi connectivity index (χ3n) is 2.68. The molecule has 0 aromatic heterocycles. The van der Waals surface area contributed by atoms with Crippen LogP contribution in [0.1, 0.15) is 26.2 Å². The molecule has 120 valence electrons. The lowest BCUT2D eigenvalue weighted by Crippen LogP contribution is -2.38. The second-order valence-corrected chi connectivity index (χ2v) is 4.38. The monoisotopic (exact) mass is 304 g/mol. The van der Waals surface area contributed by atoms with Crippen LogP contribution in [0, 0.1) is 10.1 Å². The van der Waals surface area contributed by atoms with E-state index in [1.54, 1.807) is 0 Å². The number of carboxylic acids is 2. The van der Waals surface area contributed by atoms with Crippen LogP contribution in [0.25, 0.3) is 0 Å². The van der Waals surface area contributed by atoms with Crippen LogP contribution in [0.2, 0.25) is 0 Å². The molecule has 9 nitrogen and oxygen atoms in total. The van der Waals surface area contributed by atoms with Crippen molar-refractivity contribution in [3.05, 3.63) is 22.3 Å². The van der Waals surface area contributed by atoms with Crippen LogP contribution in [0.15, 0.2) is 12.2 Å². The zero-order valence-electron chi connectivity index (χ0n) is 11.8. The Morgan fingerprint density at radius 1 is 1.29 bits per heavy atom. The molecule has 1 rings (SSSR count). The molecule has 0 amide bonds. The predicted octanol–water partition coefficient (Wildman–Crippen LogP) is 0.781.